The van der Waals surface area contributed by atoms with E-state index in [0.717, 1.165) is 18.1 Å². The van der Waals surface area contributed by atoms with Crippen molar-refractivity contribution in [1.29, 1.82) is 0 Å². The normalized spacial score (nSPS) is 34.6. The number of hydrogen-bond acceptors (Lipinski definition) is 3. The molecule has 3 saturated heterocycles. The minimum atomic E-state index is 0.792. The van der Waals surface area contributed by atoms with Crippen LogP contribution in [0.25, 0.3) is 0 Å². The third kappa shape index (κ3) is 3.14. The van der Waals surface area contributed by atoms with Crippen molar-refractivity contribution in [2.75, 3.05) is 32.7 Å². The Balaban J connectivity index is 1.48. The molecule has 0 aliphatic carbocycles. The number of nitrogens with zero attached hydrogens (tertiary/aromatic N) is 2. The molecule has 0 radical (unpaired) electrons. The number of fused-ring (bicyclic) bond motifs is 1. The summed E-state index contributed by atoms with van der Waals surface area (Å²) in [6.07, 6.45) is 9.78. The van der Waals surface area contributed by atoms with Crippen molar-refractivity contribution in [3.8, 4) is 0 Å². The minimum absolute atomic E-state index is 0.792. The molecule has 2 atom stereocenters. The molecule has 3 aliphatic heterocycles. The molecule has 0 aromatic rings. The Morgan fingerprint density at radius 3 is 2.32 bits per heavy atom. The van der Waals surface area contributed by atoms with Crippen LogP contribution in [-0.2, 0) is 0 Å². The van der Waals surface area contributed by atoms with E-state index in [2.05, 4.69) is 22.0 Å². The highest BCUT2D eigenvalue weighted by Gasteiger charge is 2.39. The van der Waals surface area contributed by atoms with E-state index in [4.69, 9.17) is 0 Å². The van der Waals surface area contributed by atoms with Gasteiger partial charge in [-0.1, -0.05) is 13.3 Å². The van der Waals surface area contributed by atoms with Gasteiger partial charge >= 0.3 is 0 Å². The zero-order valence-corrected chi connectivity index (χ0v) is 12.6. The van der Waals surface area contributed by atoms with E-state index in [9.17, 15) is 0 Å². The standard InChI is InChI=1S/C16H31N3/c1-2-9-17-14-6-11-19(12-7-14)16-8-13-18-10-4-3-5-15(16)18/h14-17H,2-13H2,1H3. The first-order valence-corrected chi connectivity index (χ1v) is 8.60. The first-order valence-electron chi connectivity index (χ1n) is 8.60. The number of hydrogen-bond donors (Lipinski definition) is 1. The Morgan fingerprint density at radius 2 is 1.53 bits per heavy atom. The fraction of sp³-hybridized carbons (Fsp3) is 1.00. The molecule has 19 heavy (non-hydrogen) atoms. The van der Waals surface area contributed by atoms with E-state index in [0.29, 0.717) is 0 Å². The maximum atomic E-state index is 3.70. The van der Waals surface area contributed by atoms with Crippen LogP contribution in [0.5, 0.6) is 0 Å². The summed E-state index contributed by atoms with van der Waals surface area (Å²) < 4.78 is 0. The molecule has 3 fully saturated rings. The Hall–Kier alpha value is -0.120. The fourth-order valence-electron chi connectivity index (χ4n) is 4.43. The predicted octanol–water partition coefficient (Wildman–Crippen LogP) is 2.08. The second kappa shape index (κ2) is 6.55. The van der Waals surface area contributed by atoms with E-state index >= 15 is 0 Å². The van der Waals surface area contributed by atoms with Crippen molar-refractivity contribution in [2.45, 2.75) is 70.0 Å². The summed E-state index contributed by atoms with van der Waals surface area (Å²) in [7, 11) is 0. The van der Waals surface area contributed by atoms with Crippen molar-refractivity contribution < 1.29 is 0 Å². The van der Waals surface area contributed by atoms with Crippen LogP contribution in [0.1, 0.15) is 51.9 Å². The van der Waals surface area contributed by atoms with Crippen molar-refractivity contribution in [3.63, 3.8) is 0 Å². The van der Waals surface area contributed by atoms with Gasteiger partial charge in [-0.25, -0.2) is 0 Å². The van der Waals surface area contributed by atoms with Crippen LogP contribution in [0.15, 0.2) is 0 Å². The van der Waals surface area contributed by atoms with Crippen LogP contribution in [0.2, 0.25) is 0 Å². The molecular formula is C16H31N3. The molecule has 3 heterocycles. The molecule has 0 amide bonds. The second-order valence-electron chi connectivity index (χ2n) is 6.72. The zero-order chi connectivity index (χ0) is 13.1. The van der Waals surface area contributed by atoms with Gasteiger partial charge in [0.05, 0.1) is 0 Å². The van der Waals surface area contributed by atoms with Gasteiger partial charge in [-0.05, 0) is 64.7 Å². The van der Waals surface area contributed by atoms with Crippen LogP contribution < -0.4 is 5.32 Å². The van der Waals surface area contributed by atoms with Crippen molar-refractivity contribution >= 4 is 0 Å². The first-order chi connectivity index (χ1) is 9.38. The number of rotatable bonds is 4. The lowest BCUT2D eigenvalue weighted by atomic mass is 9.95. The van der Waals surface area contributed by atoms with Gasteiger partial charge in [0, 0.05) is 24.7 Å². The third-order valence-corrected chi connectivity index (χ3v) is 5.50. The van der Waals surface area contributed by atoms with Gasteiger partial charge in [0.2, 0.25) is 0 Å². The van der Waals surface area contributed by atoms with Crippen LogP contribution in [-0.4, -0.2) is 60.6 Å². The maximum Gasteiger partial charge on any atom is 0.0263 e. The van der Waals surface area contributed by atoms with Gasteiger partial charge in [0.1, 0.15) is 0 Å². The Morgan fingerprint density at radius 1 is 0.842 bits per heavy atom. The highest BCUT2D eigenvalue weighted by molar-refractivity contribution is 4.96. The lowest BCUT2D eigenvalue weighted by Gasteiger charge is -2.41. The lowest BCUT2D eigenvalue weighted by molar-refractivity contribution is 0.0905. The number of likely N-dealkylation sites (tertiary alicyclic amines) is 1. The summed E-state index contributed by atoms with van der Waals surface area (Å²) in [5.74, 6) is 0. The molecule has 0 saturated carbocycles. The molecule has 3 rings (SSSR count). The molecule has 3 nitrogen and oxygen atoms in total. The van der Waals surface area contributed by atoms with E-state index in [1.165, 1.54) is 77.7 Å². The van der Waals surface area contributed by atoms with E-state index < -0.39 is 0 Å². The summed E-state index contributed by atoms with van der Waals surface area (Å²) in [6.45, 7) is 8.86. The highest BCUT2D eigenvalue weighted by atomic mass is 15.3. The van der Waals surface area contributed by atoms with Gasteiger partial charge in [0.15, 0.2) is 0 Å². The molecule has 0 aromatic carbocycles. The number of piperidine rings is 2. The number of nitrogens with one attached hydrogen (secondary N) is 1. The smallest absolute Gasteiger partial charge is 0.0263 e. The Labute approximate surface area is 118 Å². The van der Waals surface area contributed by atoms with E-state index in [-0.39, 0.29) is 0 Å². The SMILES string of the molecule is CCCNC1CCN(C2CCN3CCCCC23)CC1. The quantitative estimate of drug-likeness (QED) is 0.839. The maximum absolute atomic E-state index is 3.70. The zero-order valence-electron chi connectivity index (χ0n) is 12.6. The minimum Gasteiger partial charge on any atom is -0.314 e. The first kappa shape index (κ1) is 13.8. The Bertz CT molecular complexity index is 273. The summed E-state index contributed by atoms with van der Waals surface area (Å²) in [4.78, 5) is 5.59. The summed E-state index contributed by atoms with van der Waals surface area (Å²) in [5.41, 5.74) is 0. The fourth-order valence-corrected chi connectivity index (χ4v) is 4.43. The monoisotopic (exact) mass is 265 g/mol. The van der Waals surface area contributed by atoms with E-state index in [1.54, 1.807) is 0 Å². The predicted molar refractivity (Wildman–Crippen MR) is 80.5 cm³/mol. The van der Waals surface area contributed by atoms with Crippen LogP contribution >= 0.6 is 0 Å². The average Bonchev–Trinajstić information content (AvgIpc) is 2.90. The average molecular weight is 265 g/mol. The van der Waals surface area contributed by atoms with Gasteiger partial charge in [0.25, 0.3) is 0 Å². The molecule has 0 aromatic heterocycles. The topological polar surface area (TPSA) is 18.5 Å². The highest BCUT2D eigenvalue weighted by Crippen LogP contribution is 2.31. The molecule has 3 aliphatic rings. The van der Waals surface area contributed by atoms with Crippen molar-refractivity contribution in [3.05, 3.63) is 0 Å². The molecule has 0 bridgehead atoms. The summed E-state index contributed by atoms with van der Waals surface area (Å²) in [5, 5.41) is 3.70. The van der Waals surface area contributed by atoms with Crippen molar-refractivity contribution in [2.24, 2.45) is 0 Å². The van der Waals surface area contributed by atoms with Crippen LogP contribution in [0.4, 0.5) is 0 Å². The Kier molecular flexibility index (Phi) is 4.78. The van der Waals surface area contributed by atoms with Gasteiger partial charge in [-0.3, -0.25) is 9.80 Å². The van der Waals surface area contributed by atoms with E-state index in [1.807, 2.05) is 0 Å². The molecule has 110 valence electrons. The lowest BCUT2D eigenvalue weighted by Crippen LogP contribution is -2.51. The van der Waals surface area contributed by atoms with Crippen LogP contribution in [0.3, 0.4) is 0 Å². The molecule has 2 unspecified atom stereocenters. The summed E-state index contributed by atoms with van der Waals surface area (Å²) in [6, 6.07) is 2.57. The van der Waals surface area contributed by atoms with Crippen LogP contribution in [0, 0.1) is 0 Å². The third-order valence-electron chi connectivity index (χ3n) is 5.50. The summed E-state index contributed by atoms with van der Waals surface area (Å²) >= 11 is 0. The van der Waals surface area contributed by atoms with Crippen molar-refractivity contribution in [1.82, 2.24) is 15.1 Å². The molecule has 1 N–H and O–H groups in total. The van der Waals surface area contributed by atoms with Gasteiger partial charge in [-0.2, -0.15) is 0 Å². The largest absolute Gasteiger partial charge is 0.314 e. The molecule has 3 heteroatoms. The molecular weight excluding hydrogens is 234 g/mol. The molecule has 0 spiro atoms. The van der Waals surface area contributed by atoms with Gasteiger partial charge in [-0.15, -0.1) is 0 Å². The second-order valence-corrected chi connectivity index (χ2v) is 6.72. The van der Waals surface area contributed by atoms with Gasteiger partial charge < -0.3 is 5.32 Å².